The molecule has 0 spiro atoms. The third kappa shape index (κ3) is 6.80. The SMILES string of the molecule is CC(C)O.CNc1cc(OCc2ccccc2)ccc1[N+](=O)[O-]. The summed E-state index contributed by atoms with van der Waals surface area (Å²) in [6.45, 7) is 3.88. The first kappa shape index (κ1) is 18.4. The normalized spacial score (nSPS) is 9.78. The van der Waals surface area contributed by atoms with Gasteiger partial charge in [-0.25, -0.2) is 0 Å². The lowest BCUT2D eigenvalue weighted by atomic mass is 10.2. The molecule has 0 aliphatic carbocycles. The van der Waals surface area contributed by atoms with Crippen LogP contribution in [0.3, 0.4) is 0 Å². The first-order valence-corrected chi connectivity index (χ1v) is 7.25. The van der Waals surface area contributed by atoms with Crippen LogP contribution < -0.4 is 10.1 Å². The smallest absolute Gasteiger partial charge is 0.292 e. The zero-order chi connectivity index (χ0) is 17.2. The predicted octanol–water partition coefficient (Wildman–Crippen LogP) is 3.60. The number of hydrogen-bond donors (Lipinski definition) is 2. The molecular formula is C17H22N2O4. The van der Waals surface area contributed by atoms with Crippen molar-refractivity contribution >= 4 is 11.4 Å². The molecule has 0 radical (unpaired) electrons. The van der Waals surface area contributed by atoms with Crippen molar-refractivity contribution < 1.29 is 14.8 Å². The average Bonchev–Trinajstić information content (AvgIpc) is 2.53. The standard InChI is InChI=1S/C14H14N2O3.C3H8O/c1-15-13-9-12(7-8-14(13)16(17)18)19-10-11-5-3-2-4-6-11;1-3(2)4/h2-9,15H,10H2,1H3;3-4H,1-2H3. The summed E-state index contributed by atoms with van der Waals surface area (Å²) in [5.74, 6) is 0.596. The molecule has 6 heteroatoms. The predicted molar refractivity (Wildman–Crippen MR) is 90.8 cm³/mol. The first-order chi connectivity index (χ1) is 10.9. The van der Waals surface area contributed by atoms with Gasteiger partial charge in [-0.15, -0.1) is 0 Å². The van der Waals surface area contributed by atoms with Crippen molar-refractivity contribution in [1.82, 2.24) is 0 Å². The lowest BCUT2D eigenvalue weighted by Crippen LogP contribution is -1.99. The molecule has 0 aliphatic heterocycles. The molecule has 2 aromatic rings. The summed E-state index contributed by atoms with van der Waals surface area (Å²) in [4.78, 5) is 10.4. The minimum Gasteiger partial charge on any atom is -0.489 e. The second-order valence-electron chi connectivity index (χ2n) is 5.05. The Labute approximate surface area is 135 Å². The van der Waals surface area contributed by atoms with E-state index in [0.29, 0.717) is 18.0 Å². The molecule has 0 fully saturated rings. The van der Waals surface area contributed by atoms with E-state index in [2.05, 4.69) is 5.32 Å². The molecule has 0 atom stereocenters. The zero-order valence-corrected chi connectivity index (χ0v) is 13.5. The van der Waals surface area contributed by atoms with Crippen molar-refractivity contribution in [2.75, 3.05) is 12.4 Å². The second-order valence-corrected chi connectivity index (χ2v) is 5.05. The van der Waals surface area contributed by atoms with Crippen LogP contribution in [0, 0.1) is 10.1 Å². The number of nitrogens with zero attached hydrogens (tertiary/aromatic N) is 1. The van der Waals surface area contributed by atoms with Gasteiger partial charge in [0.1, 0.15) is 18.0 Å². The number of ether oxygens (including phenoxy) is 1. The molecule has 0 saturated heterocycles. The van der Waals surface area contributed by atoms with E-state index in [1.807, 2.05) is 30.3 Å². The van der Waals surface area contributed by atoms with Crippen LogP contribution in [0.4, 0.5) is 11.4 Å². The molecule has 0 bridgehead atoms. The van der Waals surface area contributed by atoms with Crippen LogP contribution in [0.25, 0.3) is 0 Å². The molecule has 124 valence electrons. The molecule has 0 unspecified atom stereocenters. The van der Waals surface area contributed by atoms with E-state index >= 15 is 0 Å². The minimum absolute atomic E-state index is 0.0366. The highest BCUT2D eigenvalue weighted by Crippen LogP contribution is 2.28. The number of benzene rings is 2. The fraction of sp³-hybridized carbons (Fsp3) is 0.294. The summed E-state index contributed by atoms with van der Waals surface area (Å²) in [6, 6.07) is 14.4. The number of anilines is 1. The third-order valence-corrected chi connectivity index (χ3v) is 2.68. The quantitative estimate of drug-likeness (QED) is 0.650. The molecule has 2 rings (SSSR count). The molecular weight excluding hydrogens is 296 g/mol. The molecule has 2 aromatic carbocycles. The van der Waals surface area contributed by atoms with Gasteiger partial charge >= 0.3 is 0 Å². The number of nitrogens with one attached hydrogen (secondary N) is 1. The van der Waals surface area contributed by atoms with Crippen LogP contribution in [0.15, 0.2) is 48.5 Å². The Morgan fingerprint density at radius 3 is 2.35 bits per heavy atom. The van der Waals surface area contributed by atoms with Gasteiger partial charge in [0.25, 0.3) is 5.69 Å². The molecule has 23 heavy (non-hydrogen) atoms. The van der Waals surface area contributed by atoms with Gasteiger partial charge in [0.05, 0.1) is 4.92 Å². The third-order valence-electron chi connectivity index (χ3n) is 2.68. The van der Waals surface area contributed by atoms with Crippen LogP contribution >= 0.6 is 0 Å². The highest BCUT2D eigenvalue weighted by molar-refractivity contribution is 5.63. The van der Waals surface area contributed by atoms with Crippen molar-refractivity contribution in [3.63, 3.8) is 0 Å². The van der Waals surface area contributed by atoms with Gasteiger partial charge in [0, 0.05) is 25.3 Å². The summed E-state index contributed by atoms with van der Waals surface area (Å²) in [7, 11) is 1.64. The van der Waals surface area contributed by atoms with E-state index in [0.717, 1.165) is 5.56 Å². The Bertz CT molecular complexity index is 612. The van der Waals surface area contributed by atoms with Crippen LogP contribution in [0.5, 0.6) is 5.75 Å². The molecule has 6 nitrogen and oxygen atoms in total. The number of nitro benzene ring substituents is 1. The Morgan fingerprint density at radius 2 is 1.83 bits per heavy atom. The Hall–Kier alpha value is -2.60. The number of aliphatic hydroxyl groups is 1. The largest absolute Gasteiger partial charge is 0.489 e. The average molecular weight is 318 g/mol. The van der Waals surface area contributed by atoms with Gasteiger partial charge in [0.15, 0.2) is 0 Å². The van der Waals surface area contributed by atoms with E-state index in [-0.39, 0.29) is 11.8 Å². The van der Waals surface area contributed by atoms with Crippen molar-refractivity contribution in [3.05, 3.63) is 64.2 Å². The van der Waals surface area contributed by atoms with E-state index in [4.69, 9.17) is 9.84 Å². The number of hydrogen-bond acceptors (Lipinski definition) is 5. The van der Waals surface area contributed by atoms with Gasteiger partial charge in [-0.1, -0.05) is 30.3 Å². The molecule has 0 aliphatic rings. The maximum absolute atomic E-state index is 10.8. The van der Waals surface area contributed by atoms with Crippen molar-refractivity contribution in [1.29, 1.82) is 0 Å². The Kier molecular flexibility index (Phi) is 7.56. The molecule has 0 aromatic heterocycles. The highest BCUT2D eigenvalue weighted by atomic mass is 16.6. The summed E-state index contributed by atoms with van der Waals surface area (Å²) in [5.41, 5.74) is 1.52. The maximum atomic E-state index is 10.8. The van der Waals surface area contributed by atoms with Crippen molar-refractivity contribution in [3.8, 4) is 5.75 Å². The van der Waals surface area contributed by atoms with Gasteiger partial charge < -0.3 is 15.2 Å². The second kappa shape index (κ2) is 9.42. The fourth-order valence-corrected chi connectivity index (χ4v) is 1.71. The summed E-state index contributed by atoms with van der Waals surface area (Å²) < 4.78 is 5.61. The van der Waals surface area contributed by atoms with Gasteiger partial charge in [-0.3, -0.25) is 10.1 Å². The highest BCUT2D eigenvalue weighted by Gasteiger charge is 2.13. The van der Waals surface area contributed by atoms with E-state index < -0.39 is 4.92 Å². The molecule has 0 heterocycles. The van der Waals surface area contributed by atoms with Crippen molar-refractivity contribution in [2.45, 2.75) is 26.6 Å². The van der Waals surface area contributed by atoms with Gasteiger partial charge in [0.2, 0.25) is 0 Å². The first-order valence-electron chi connectivity index (χ1n) is 7.25. The van der Waals surface area contributed by atoms with Crippen LogP contribution in [0.2, 0.25) is 0 Å². The van der Waals surface area contributed by atoms with Crippen LogP contribution in [0.1, 0.15) is 19.4 Å². The van der Waals surface area contributed by atoms with E-state index in [1.165, 1.54) is 6.07 Å². The minimum atomic E-state index is -0.424. The monoisotopic (exact) mass is 318 g/mol. The maximum Gasteiger partial charge on any atom is 0.292 e. The Balaban J connectivity index is 0.000000593. The lowest BCUT2D eigenvalue weighted by Gasteiger charge is -2.08. The van der Waals surface area contributed by atoms with Crippen LogP contribution in [-0.4, -0.2) is 23.2 Å². The van der Waals surface area contributed by atoms with Gasteiger partial charge in [-0.05, 0) is 25.5 Å². The molecule has 2 N–H and O–H groups in total. The Morgan fingerprint density at radius 1 is 1.22 bits per heavy atom. The van der Waals surface area contributed by atoms with E-state index in [1.54, 1.807) is 33.0 Å². The van der Waals surface area contributed by atoms with Crippen LogP contribution in [-0.2, 0) is 6.61 Å². The fourth-order valence-electron chi connectivity index (χ4n) is 1.71. The summed E-state index contributed by atoms with van der Waals surface area (Å²) in [6.07, 6.45) is -0.167. The number of rotatable bonds is 5. The number of nitro groups is 1. The topological polar surface area (TPSA) is 84.6 Å². The summed E-state index contributed by atoms with van der Waals surface area (Å²) in [5, 5.41) is 21.6. The lowest BCUT2D eigenvalue weighted by molar-refractivity contribution is -0.384. The summed E-state index contributed by atoms with van der Waals surface area (Å²) >= 11 is 0. The molecule has 0 saturated carbocycles. The van der Waals surface area contributed by atoms with Gasteiger partial charge in [-0.2, -0.15) is 0 Å². The van der Waals surface area contributed by atoms with Crippen molar-refractivity contribution in [2.24, 2.45) is 0 Å². The number of aliphatic hydroxyl groups excluding tert-OH is 1. The zero-order valence-electron chi connectivity index (χ0n) is 13.5. The van der Waals surface area contributed by atoms with E-state index in [9.17, 15) is 10.1 Å². The molecule has 0 amide bonds.